The number of hydrogen-bond donors (Lipinski definition) is 3. The Balaban J connectivity index is 2.28. The minimum absolute atomic E-state index is 0.125. The number of rotatable bonds is 6. The van der Waals surface area contributed by atoms with Crippen molar-refractivity contribution in [1.82, 2.24) is 5.32 Å². The summed E-state index contributed by atoms with van der Waals surface area (Å²) in [4.78, 5) is 21.2. The molecule has 162 valence electrons. The lowest BCUT2D eigenvalue weighted by molar-refractivity contribution is -0.119. The van der Waals surface area contributed by atoms with Gasteiger partial charge in [0.2, 0.25) is 11.7 Å². The van der Waals surface area contributed by atoms with Gasteiger partial charge >= 0.3 is 7.75 Å². The second-order valence-electron chi connectivity index (χ2n) is 6.88. The fourth-order valence-corrected chi connectivity index (χ4v) is 4.23. The second-order valence-corrected chi connectivity index (χ2v) is 8.19. The van der Waals surface area contributed by atoms with Crippen LogP contribution in [0.5, 0.6) is 23.0 Å². The predicted molar refractivity (Wildman–Crippen MR) is 111 cm³/mol. The average Bonchev–Trinajstić information content (AvgIpc) is 2.82. The lowest BCUT2D eigenvalue weighted by Crippen LogP contribution is -2.26. The first-order valence-corrected chi connectivity index (χ1v) is 10.9. The van der Waals surface area contributed by atoms with Crippen LogP contribution in [0, 0.1) is 0 Å². The number of ether oxygens (including phenoxy) is 3. The fraction of sp³-hybridized carbons (Fsp3) is 0.350. The number of amides is 1. The number of carbonyl (C=O) groups is 1. The molecule has 1 aliphatic rings. The molecular formula is C20H25N2O7P. The van der Waals surface area contributed by atoms with Gasteiger partial charge in [-0.15, -0.1) is 0 Å². The van der Waals surface area contributed by atoms with Crippen molar-refractivity contribution in [3.63, 3.8) is 0 Å². The summed E-state index contributed by atoms with van der Waals surface area (Å²) in [5, 5.41) is 2.94. The summed E-state index contributed by atoms with van der Waals surface area (Å²) in [5.41, 5.74) is 8.39. The number of nitrogens with two attached hydrogens (primary N) is 1. The maximum atomic E-state index is 11.8. The molecule has 10 heteroatoms. The Labute approximate surface area is 174 Å². The van der Waals surface area contributed by atoms with Gasteiger partial charge in [-0.1, -0.05) is 6.07 Å². The van der Waals surface area contributed by atoms with Gasteiger partial charge in [0.05, 0.1) is 27.4 Å². The van der Waals surface area contributed by atoms with E-state index >= 15 is 0 Å². The quantitative estimate of drug-likeness (QED) is 0.590. The van der Waals surface area contributed by atoms with Crippen LogP contribution in [0.15, 0.2) is 24.3 Å². The topological polar surface area (TPSA) is 129 Å². The molecule has 9 nitrogen and oxygen atoms in total. The summed E-state index contributed by atoms with van der Waals surface area (Å²) >= 11 is 0. The molecule has 1 aliphatic carbocycles. The van der Waals surface area contributed by atoms with Crippen molar-refractivity contribution in [2.24, 2.45) is 5.50 Å². The SMILES string of the molecule is COc1cc2c(c(OC)c1OC)-c1ccc(OP(N)(=O)O)cc1[C@@H](NC(C)=O)CC2. The molecule has 2 aromatic rings. The highest BCUT2D eigenvalue weighted by atomic mass is 31.2. The van der Waals surface area contributed by atoms with Crippen LogP contribution in [0.1, 0.15) is 30.5 Å². The van der Waals surface area contributed by atoms with E-state index < -0.39 is 7.75 Å². The van der Waals surface area contributed by atoms with Gasteiger partial charge in [-0.3, -0.25) is 4.79 Å². The van der Waals surface area contributed by atoms with E-state index in [0.29, 0.717) is 35.7 Å². The van der Waals surface area contributed by atoms with Crippen LogP contribution in [0.2, 0.25) is 0 Å². The number of methoxy groups -OCH3 is 3. The predicted octanol–water partition coefficient (Wildman–Crippen LogP) is 2.94. The molecule has 0 bridgehead atoms. The van der Waals surface area contributed by atoms with Crippen LogP contribution in [0.25, 0.3) is 11.1 Å². The molecule has 1 unspecified atom stereocenters. The molecule has 3 rings (SSSR count). The summed E-state index contributed by atoms with van der Waals surface area (Å²) in [6, 6.07) is 6.43. The highest BCUT2D eigenvalue weighted by Crippen LogP contribution is 2.51. The smallest absolute Gasteiger partial charge is 0.453 e. The van der Waals surface area contributed by atoms with Crippen molar-refractivity contribution >= 4 is 13.7 Å². The van der Waals surface area contributed by atoms with Crippen LogP contribution in [-0.4, -0.2) is 32.1 Å². The minimum Gasteiger partial charge on any atom is -0.493 e. The Hall–Kier alpha value is -2.74. The number of aryl methyl sites for hydroxylation is 1. The Morgan fingerprint density at radius 2 is 1.87 bits per heavy atom. The number of hydrogen-bond acceptors (Lipinski definition) is 6. The lowest BCUT2D eigenvalue weighted by Gasteiger charge is -2.21. The van der Waals surface area contributed by atoms with E-state index in [-0.39, 0.29) is 17.7 Å². The zero-order valence-electron chi connectivity index (χ0n) is 17.2. The standard InChI is InChI=1S/C20H25N2O7P/c1-11(23)22-16-8-5-12-9-17(26-2)19(27-3)20(28-4)18(12)14-7-6-13(10-15(14)16)29-30(21,24)25/h6-7,9-10,16H,5,8H2,1-4H3,(H,22,23)(H3,21,24,25)/t16-/m0/s1. The highest BCUT2D eigenvalue weighted by Gasteiger charge is 2.30. The third-order valence-corrected chi connectivity index (χ3v) is 5.37. The van der Waals surface area contributed by atoms with E-state index in [4.69, 9.17) is 24.2 Å². The van der Waals surface area contributed by atoms with Gasteiger partial charge in [0.1, 0.15) is 5.75 Å². The van der Waals surface area contributed by atoms with Crippen molar-refractivity contribution in [2.45, 2.75) is 25.8 Å². The van der Waals surface area contributed by atoms with Gasteiger partial charge < -0.3 is 28.9 Å². The summed E-state index contributed by atoms with van der Waals surface area (Å²) < 4.78 is 33.2. The normalized spacial score (nSPS) is 16.9. The Morgan fingerprint density at radius 3 is 2.43 bits per heavy atom. The molecular weight excluding hydrogens is 411 g/mol. The summed E-state index contributed by atoms with van der Waals surface area (Å²) in [5.74, 6) is 1.41. The molecule has 0 aromatic heterocycles. The van der Waals surface area contributed by atoms with Gasteiger partial charge in [0.25, 0.3) is 0 Å². The molecule has 0 heterocycles. The zero-order valence-corrected chi connectivity index (χ0v) is 18.1. The van der Waals surface area contributed by atoms with Gasteiger partial charge in [0.15, 0.2) is 11.5 Å². The highest BCUT2D eigenvalue weighted by molar-refractivity contribution is 7.50. The average molecular weight is 436 g/mol. The van der Waals surface area contributed by atoms with E-state index in [2.05, 4.69) is 5.32 Å². The van der Waals surface area contributed by atoms with Crippen molar-refractivity contribution in [2.75, 3.05) is 21.3 Å². The van der Waals surface area contributed by atoms with Crippen molar-refractivity contribution in [3.05, 3.63) is 35.4 Å². The van der Waals surface area contributed by atoms with Crippen molar-refractivity contribution < 1.29 is 33.0 Å². The first kappa shape index (κ1) is 22.0. The summed E-state index contributed by atoms with van der Waals surface area (Å²) in [7, 11) is 0.391. The van der Waals surface area contributed by atoms with Crippen LogP contribution >= 0.6 is 7.75 Å². The molecule has 4 N–H and O–H groups in total. The van der Waals surface area contributed by atoms with E-state index in [0.717, 1.165) is 16.7 Å². The number of nitrogens with one attached hydrogen (secondary N) is 1. The van der Waals surface area contributed by atoms with E-state index in [9.17, 15) is 14.3 Å². The van der Waals surface area contributed by atoms with Gasteiger partial charge in [-0.25, -0.2) is 10.1 Å². The monoisotopic (exact) mass is 436 g/mol. The molecule has 0 aliphatic heterocycles. The maximum absolute atomic E-state index is 11.8. The molecule has 0 saturated heterocycles. The van der Waals surface area contributed by atoms with Crippen LogP contribution in [-0.2, 0) is 15.8 Å². The molecule has 0 radical (unpaired) electrons. The van der Waals surface area contributed by atoms with Gasteiger partial charge in [0, 0.05) is 12.5 Å². The third kappa shape index (κ3) is 4.38. The molecule has 0 spiro atoms. The number of fused-ring (bicyclic) bond motifs is 3. The third-order valence-electron chi connectivity index (χ3n) is 4.90. The molecule has 30 heavy (non-hydrogen) atoms. The number of carbonyl (C=O) groups excluding carboxylic acids is 1. The van der Waals surface area contributed by atoms with Gasteiger partial charge in [-0.05, 0) is 47.7 Å². The molecule has 1 amide bonds. The van der Waals surface area contributed by atoms with E-state index in [1.807, 2.05) is 6.07 Å². The first-order valence-electron chi connectivity index (χ1n) is 9.22. The number of benzene rings is 2. The van der Waals surface area contributed by atoms with Crippen LogP contribution in [0.4, 0.5) is 0 Å². The fourth-order valence-electron chi connectivity index (χ4n) is 3.81. The van der Waals surface area contributed by atoms with E-state index in [1.54, 1.807) is 32.4 Å². The van der Waals surface area contributed by atoms with Crippen molar-refractivity contribution in [3.8, 4) is 34.1 Å². The van der Waals surface area contributed by atoms with E-state index in [1.165, 1.54) is 14.0 Å². The van der Waals surface area contributed by atoms with Gasteiger partial charge in [-0.2, -0.15) is 0 Å². The Morgan fingerprint density at radius 1 is 1.17 bits per heavy atom. The lowest BCUT2D eigenvalue weighted by atomic mass is 9.93. The second kappa shape index (κ2) is 8.55. The Bertz CT molecular complexity index is 1020. The summed E-state index contributed by atoms with van der Waals surface area (Å²) in [6.07, 6.45) is 1.21. The molecule has 0 saturated carbocycles. The van der Waals surface area contributed by atoms with Crippen molar-refractivity contribution in [1.29, 1.82) is 0 Å². The first-order chi connectivity index (χ1) is 14.2. The minimum atomic E-state index is -4.24. The molecule has 0 fully saturated rings. The van der Waals surface area contributed by atoms with Crippen LogP contribution < -0.4 is 29.6 Å². The molecule has 2 aromatic carbocycles. The molecule has 2 atom stereocenters. The Kier molecular flexibility index (Phi) is 6.26. The zero-order chi connectivity index (χ0) is 22.1. The largest absolute Gasteiger partial charge is 0.493 e. The summed E-state index contributed by atoms with van der Waals surface area (Å²) in [6.45, 7) is 1.44. The maximum Gasteiger partial charge on any atom is 0.453 e. The van der Waals surface area contributed by atoms with Crippen LogP contribution in [0.3, 0.4) is 0 Å².